The molecule has 0 heterocycles. The maximum absolute atomic E-state index is 10.7. The van der Waals surface area contributed by atoms with E-state index < -0.39 is 12.0 Å². The predicted molar refractivity (Wildman–Crippen MR) is 65.6 cm³/mol. The van der Waals surface area contributed by atoms with Gasteiger partial charge in [0, 0.05) is 12.1 Å². The van der Waals surface area contributed by atoms with Crippen LogP contribution in [-0.2, 0) is 4.79 Å². The number of carboxylic acid groups (broad SMARTS) is 1. The fourth-order valence-electron chi connectivity index (χ4n) is 1.50. The number of hydrogen-bond donors (Lipinski definition) is 3. The lowest BCUT2D eigenvalue weighted by Gasteiger charge is -2.18. The lowest BCUT2D eigenvalue weighted by atomic mass is 9.88. The third-order valence-corrected chi connectivity index (χ3v) is 2.61. The van der Waals surface area contributed by atoms with Crippen LogP contribution in [0.25, 0.3) is 0 Å². The molecule has 4 N–H and O–H groups in total. The maximum Gasteiger partial charge on any atom is 0.332 e. The quantitative estimate of drug-likeness (QED) is 0.466. The predicted octanol–water partition coefficient (Wildman–Crippen LogP) is 1.56. The van der Waals surface area contributed by atoms with Gasteiger partial charge in [0.1, 0.15) is 0 Å². The van der Waals surface area contributed by atoms with Crippen molar-refractivity contribution in [3.8, 4) is 0 Å². The van der Waals surface area contributed by atoms with Gasteiger partial charge < -0.3 is 10.8 Å². The highest BCUT2D eigenvalue weighted by Crippen LogP contribution is 2.21. The van der Waals surface area contributed by atoms with Crippen molar-refractivity contribution in [2.24, 2.45) is 22.7 Å². The Bertz CT molecular complexity index is 300. The Morgan fingerprint density at radius 3 is 2.41 bits per heavy atom. The number of aliphatic carboxylic acids is 1. The molecule has 17 heavy (non-hydrogen) atoms. The number of amides is 2. The van der Waals surface area contributed by atoms with Gasteiger partial charge in [-0.05, 0) is 31.6 Å². The van der Waals surface area contributed by atoms with Crippen LogP contribution in [-0.4, -0.2) is 22.8 Å². The molecule has 0 aromatic carbocycles. The van der Waals surface area contributed by atoms with Crippen molar-refractivity contribution in [1.82, 2.24) is 5.43 Å². The number of hydrazone groups is 1. The first kappa shape index (κ1) is 15.4. The summed E-state index contributed by atoms with van der Waals surface area (Å²) in [6, 6.07) is -0.699. The van der Waals surface area contributed by atoms with E-state index in [4.69, 9.17) is 10.8 Å². The highest BCUT2D eigenvalue weighted by atomic mass is 16.4. The molecule has 0 aromatic heterocycles. The van der Waals surface area contributed by atoms with Gasteiger partial charge in [-0.15, -0.1) is 0 Å². The molecule has 0 aromatic rings. The molecule has 6 heteroatoms. The summed E-state index contributed by atoms with van der Waals surface area (Å²) in [7, 11) is 0. The molecule has 2 amide bonds. The summed E-state index contributed by atoms with van der Waals surface area (Å²) >= 11 is 0. The second-order valence-electron chi connectivity index (χ2n) is 4.46. The van der Waals surface area contributed by atoms with Gasteiger partial charge in [0.25, 0.3) is 0 Å². The minimum atomic E-state index is -0.784. The maximum atomic E-state index is 10.7. The first-order valence-corrected chi connectivity index (χ1v) is 5.63. The molecule has 0 radical (unpaired) electrons. The molecule has 0 aliphatic carbocycles. The van der Waals surface area contributed by atoms with Crippen LogP contribution in [0, 0.1) is 11.8 Å². The summed E-state index contributed by atoms with van der Waals surface area (Å²) in [6.07, 6.45) is 1.55. The van der Waals surface area contributed by atoms with Crippen LogP contribution >= 0.6 is 0 Å². The van der Waals surface area contributed by atoms with Crippen LogP contribution in [0.3, 0.4) is 0 Å². The SMILES string of the molecule is CC(CCC(CC(=O)O)C(C)C)=NNC(N)=O. The van der Waals surface area contributed by atoms with Gasteiger partial charge in [-0.2, -0.15) is 5.10 Å². The van der Waals surface area contributed by atoms with Crippen molar-refractivity contribution in [2.45, 2.75) is 40.0 Å². The van der Waals surface area contributed by atoms with Crippen LogP contribution in [0.1, 0.15) is 40.0 Å². The lowest BCUT2D eigenvalue weighted by molar-refractivity contribution is -0.138. The van der Waals surface area contributed by atoms with Crippen LogP contribution in [0.5, 0.6) is 0 Å². The van der Waals surface area contributed by atoms with Gasteiger partial charge in [-0.25, -0.2) is 10.2 Å². The highest BCUT2D eigenvalue weighted by molar-refractivity contribution is 5.83. The zero-order chi connectivity index (χ0) is 13.4. The van der Waals surface area contributed by atoms with Crippen LogP contribution in [0.15, 0.2) is 5.10 Å². The van der Waals surface area contributed by atoms with E-state index in [-0.39, 0.29) is 12.3 Å². The third-order valence-electron chi connectivity index (χ3n) is 2.61. The number of carbonyl (C=O) groups is 2. The molecule has 0 saturated heterocycles. The molecular formula is C11H21N3O3. The monoisotopic (exact) mass is 243 g/mol. The second-order valence-corrected chi connectivity index (χ2v) is 4.46. The smallest absolute Gasteiger partial charge is 0.332 e. The number of primary amides is 1. The summed E-state index contributed by atoms with van der Waals surface area (Å²) in [6.45, 7) is 5.78. The van der Waals surface area contributed by atoms with Crippen LogP contribution in [0.2, 0.25) is 0 Å². The van der Waals surface area contributed by atoms with E-state index >= 15 is 0 Å². The van der Waals surface area contributed by atoms with Crippen LogP contribution in [0.4, 0.5) is 4.79 Å². The largest absolute Gasteiger partial charge is 0.481 e. The summed E-state index contributed by atoms with van der Waals surface area (Å²) in [5.74, 6) is -0.359. The summed E-state index contributed by atoms with van der Waals surface area (Å²) < 4.78 is 0. The molecule has 6 nitrogen and oxygen atoms in total. The van der Waals surface area contributed by atoms with E-state index in [1.54, 1.807) is 6.92 Å². The van der Waals surface area contributed by atoms with Gasteiger partial charge in [0.2, 0.25) is 0 Å². The number of nitrogens with two attached hydrogens (primary N) is 1. The van der Waals surface area contributed by atoms with Gasteiger partial charge >= 0.3 is 12.0 Å². The number of nitrogens with zero attached hydrogens (tertiary/aromatic N) is 1. The van der Waals surface area contributed by atoms with E-state index in [2.05, 4.69) is 10.5 Å². The zero-order valence-corrected chi connectivity index (χ0v) is 10.6. The van der Waals surface area contributed by atoms with Gasteiger partial charge in [-0.1, -0.05) is 13.8 Å². The van der Waals surface area contributed by atoms with Crippen molar-refractivity contribution in [3.05, 3.63) is 0 Å². The Labute approximate surface area is 101 Å². The number of carbonyl (C=O) groups excluding carboxylic acids is 1. The molecule has 0 fully saturated rings. The fourth-order valence-corrected chi connectivity index (χ4v) is 1.50. The van der Waals surface area contributed by atoms with Gasteiger partial charge in [-0.3, -0.25) is 4.79 Å². The van der Waals surface area contributed by atoms with E-state index in [1.165, 1.54) is 0 Å². The molecule has 1 atom stereocenters. The van der Waals surface area contributed by atoms with Crippen molar-refractivity contribution >= 4 is 17.7 Å². The first-order valence-electron chi connectivity index (χ1n) is 5.63. The number of rotatable bonds is 7. The minimum absolute atomic E-state index is 0.117. The van der Waals surface area contributed by atoms with Crippen LogP contribution < -0.4 is 11.2 Å². The highest BCUT2D eigenvalue weighted by Gasteiger charge is 2.17. The van der Waals surface area contributed by atoms with E-state index in [9.17, 15) is 9.59 Å². The summed E-state index contributed by atoms with van der Waals surface area (Å²) in [4.78, 5) is 21.1. The topological polar surface area (TPSA) is 105 Å². The molecule has 0 rings (SSSR count). The van der Waals surface area contributed by atoms with E-state index in [0.29, 0.717) is 12.3 Å². The van der Waals surface area contributed by atoms with Gasteiger partial charge in [0.05, 0.1) is 0 Å². The number of hydrogen-bond acceptors (Lipinski definition) is 3. The van der Waals surface area contributed by atoms with Crippen molar-refractivity contribution in [2.75, 3.05) is 0 Å². The Balaban J connectivity index is 4.16. The van der Waals surface area contributed by atoms with E-state index in [1.807, 2.05) is 13.8 Å². The van der Waals surface area contributed by atoms with Gasteiger partial charge in [0.15, 0.2) is 0 Å². The average Bonchev–Trinajstić information content (AvgIpc) is 2.20. The molecule has 0 saturated carbocycles. The zero-order valence-electron chi connectivity index (χ0n) is 10.6. The standard InChI is InChI=1S/C11H21N3O3/c1-7(2)9(6-10(15)16)5-4-8(3)13-14-11(12)17/h7,9H,4-6H2,1-3H3,(H,15,16)(H3,12,14,17). The average molecular weight is 243 g/mol. The Hall–Kier alpha value is -1.59. The summed E-state index contributed by atoms with van der Waals surface area (Å²) in [5, 5.41) is 12.5. The molecule has 1 unspecified atom stereocenters. The van der Waals surface area contributed by atoms with E-state index in [0.717, 1.165) is 12.1 Å². The van der Waals surface area contributed by atoms with Crippen molar-refractivity contribution in [1.29, 1.82) is 0 Å². The molecule has 0 spiro atoms. The molecular weight excluding hydrogens is 222 g/mol. The molecule has 0 aliphatic heterocycles. The summed E-state index contributed by atoms with van der Waals surface area (Å²) in [5.41, 5.74) is 7.76. The van der Waals surface area contributed by atoms with Crippen molar-refractivity contribution < 1.29 is 14.7 Å². The second kappa shape index (κ2) is 7.65. The molecule has 0 bridgehead atoms. The normalized spacial score (nSPS) is 13.5. The third kappa shape index (κ3) is 8.24. The molecule has 0 aliphatic rings. The lowest BCUT2D eigenvalue weighted by Crippen LogP contribution is -2.25. The number of urea groups is 1. The fraction of sp³-hybridized carbons (Fsp3) is 0.727. The first-order chi connectivity index (χ1) is 7.82. The molecule has 98 valence electrons. The Morgan fingerprint density at radius 2 is 2.00 bits per heavy atom. The Kier molecular flexibility index (Phi) is 6.93. The number of nitrogens with one attached hydrogen (secondary N) is 1. The van der Waals surface area contributed by atoms with Crippen molar-refractivity contribution in [3.63, 3.8) is 0 Å². The Morgan fingerprint density at radius 1 is 1.41 bits per heavy atom. The minimum Gasteiger partial charge on any atom is -0.481 e. The number of carboxylic acids is 1.